The summed E-state index contributed by atoms with van der Waals surface area (Å²) in [6.07, 6.45) is 8.15. The molecule has 21 heavy (non-hydrogen) atoms. The van der Waals surface area contributed by atoms with Crippen molar-refractivity contribution in [2.24, 2.45) is 0 Å². The molecule has 2 rings (SSSR count). The molecule has 0 aromatic carbocycles. The van der Waals surface area contributed by atoms with E-state index < -0.39 is 6.92 Å². The van der Waals surface area contributed by atoms with Gasteiger partial charge in [0, 0.05) is 6.20 Å². The van der Waals surface area contributed by atoms with Gasteiger partial charge in [0.05, 0.1) is 6.61 Å². The van der Waals surface area contributed by atoms with Crippen molar-refractivity contribution in [2.45, 2.75) is 58.5 Å². The summed E-state index contributed by atoms with van der Waals surface area (Å²) in [4.78, 5) is 4.01. The smallest absolute Gasteiger partial charge is 0.321 e. The molecule has 0 bridgehead atoms. The van der Waals surface area contributed by atoms with Crippen LogP contribution in [0.4, 0.5) is 0 Å². The van der Waals surface area contributed by atoms with Gasteiger partial charge in [0.2, 0.25) is 5.88 Å². The van der Waals surface area contributed by atoms with Crippen molar-refractivity contribution < 1.29 is 14.8 Å². The lowest BCUT2D eigenvalue weighted by Crippen LogP contribution is -2.26. The van der Waals surface area contributed by atoms with Gasteiger partial charge in [-0.25, -0.2) is 4.98 Å². The summed E-state index contributed by atoms with van der Waals surface area (Å²) in [5.74, 6) is 1.21. The first-order chi connectivity index (χ1) is 10.0. The van der Waals surface area contributed by atoms with E-state index in [4.69, 9.17) is 9.76 Å². The predicted octanol–water partition coefficient (Wildman–Crippen LogP) is 2.24. The van der Waals surface area contributed by atoms with Gasteiger partial charge in [-0.2, -0.15) is 0 Å². The predicted molar refractivity (Wildman–Crippen MR) is 89.5 cm³/mol. The summed E-state index contributed by atoms with van der Waals surface area (Å²) >= 11 is 0. The maximum atomic E-state index is 9.18. The van der Waals surface area contributed by atoms with Crippen LogP contribution in [0.3, 0.4) is 0 Å². The third-order valence-corrected chi connectivity index (χ3v) is 3.87. The maximum Gasteiger partial charge on any atom is 0.321 e. The number of aromatic nitrogens is 1. The van der Waals surface area contributed by atoms with Gasteiger partial charge in [0.15, 0.2) is 0 Å². The van der Waals surface area contributed by atoms with Crippen LogP contribution in [0.1, 0.15) is 39.0 Å². The highest BCUT2D eigenvalue weighted by Gasteiger charge is 2.20. The Hall–Kier alpha value is -1.00. The minimum atomic E-state index is -0.465. The lowest BCUT2D eigenvalue weighted by molar-refractivity contribution is 0.327. The van der Waals surface area contributed by atoms with Gasteiger partial charge in [0.25, 0.3) is 6.92 Å². The quantitative estimate of drug-likeness (QED) is 0.835. The van der Waals surface area contributed by atoms with E-state index in [2.05, 4.69) is 4.98 Å². The number of hydrogen-bond acceptors (Lipinski definition) is 4. The molecule has 2 N–H and O–H groups in total. The third kappa shape index (κ3) is 7.00. The van der Waals surface area contributed by atoms with E-state index >= 15 is 0 Å². The topological polar surface area (TPSA) is 62.6 Å². The fourth-order valence-electron chi connectivity index (χ4n) is 2.49. The molecule has 0 radical (unpaired) electrons. The van der Waals surface area contributed by atoms with E-state index in [-0.39, 0.29) is 6.92 Å². The molecule has 1 aromatic rings. The zero-order valence-corrected chi connectivity index (χ0v) is 13.5. The molecule has 0 atom stereocenters. The van der Waals surface area contributed by atoms with E-state index in [0.717, 1.165) is 5.46 Å². The summed E-state index contributed by atoms with van der Waals surface area (Å²) in [5.41, 5.74) is 0.804. The number of hydrogen-bond donors (Lipinski definition) is 2. The Morgan fingerprint density at radius 3 is 2.24 bits per heavy atom. The van der Waals surface area contributed by atoms with Gasteiger partial charge in [-0.05, 0) is 24.3 Å². The van der Waals surface area contributed by atoms with Crippen LogP contribution in [-0.2, 0) is 0 Å². The fourth-order valence-corrected chi connectivity index (χ4v) is 2.49. The molecule has 0 saturated heterocycles. The van der Waals surface area contributed by atoms with Crippen molar-refractivity contribution in [2.75, 3.05) is 6.61 Å². The fraction of sp³-hybridized carbons (Fsp3) is 0.667. The monoisotopic (exact) mass is 291 g/mol. The normalized spacial score (nSPS) is 14.9. The number of pyridine rings is 1. The molecule has 0 aliphatic heterocycles. The molecule has 0 amide bonds. The third-order valence-electron chi connectivity index (χ3n) is 3.87. The second-order valence-electron chi connectivity index (χ2n) is 5.68. The van der Waals surface area contributed by atoms with E-state index in [1.165, 1.54) is 32.1 Å². The van der Waals surface area contributed by atoms with Gasteiger partial charge in [-0.3, -0.25) is 0 Å². The Kier molecular flexibility index (Phi) is 8.47. The van der Waals surface area contributed by atoms with Crippen molar-refractivity contribution in [3.63, 3.8) is 0 Å². The van der Waals surface area contributed by atoms with E-state index in [9.17, 15) is 5.02 Å². The Labute approximate surface area is 129 Å². The van der Waals surface area contributed by atoms with Crippen LogP contribution in [0, 0.1) is 0 Å². The van der Waals surface area contributed by atoms with Crippen molar-refractivity contribution in [1.29, 1.82) is 0 Å². The Bertz CT molecular complexity index is 379. The van der Waals surface area contributed by atoms with Gasteiger partial charge < -0.3 is 14.8 Å². The van der Waals surface area contributed by atoms with Crippen LogP contribution in [-0.4, -0.2) is 35.5 Å². The maximum absolute atomic E-state index is 9.18. The van der Waals surface area contributed by atoms with Gasteiger partial charge >= 0.3 is 6.92 Å². The number of nitrogens with zero attached hydrogens (tertiary/aromatic N) is 1. The summed E-state index contributed by atoms with van der Waals surface area (Å²) in [6.45, 7) is 5.61. The molecule has 1 aliphatic carbocycles. The van der Waals surface area contributed by atoms with Crippen molar-refractivity contribution in [3.05, 3.63) is 18.3 Å². The second kappa shape index (κ2) is 9.85. The van der Waals surface area contributed by atoms with Gasteiger partial charge in [-0.15, -0.1) is 0 Å². The first-order valence-electron chi connectivity index (χ1n) is 7.99. The number of rotatable bonds is 4. The van der Waals surface area contributed by atoms with Crippen LogP contribution >= 0.6 is 0 Å². The van der Waals surface area contributed by atoms with Crippen LogP contribution in [0.2, 0.25) is 19.5 Å². The van der Waals surface area contributed by atoms with Crippen LogP contribution < -0.4 is 10.2 Å². The van der Waals surface area contributed by atoms with E-state index in [1.807, 2.05) is 19.8 Å². The molecule has 116 valence electrons. The molecule has 0 unspecified atom stereocenters. The summed E-state index contributed by atoms with van der Waals surface area (Å²) in [6, 6.07) is 3.56. The average molecular weight is 291 g/mol. The lowest BCUT2D eigenvalue weighted by atomic mass is 9.54. The first kappa shape index (κ1) is 18.0. The molecule has 1 heterocycles. The summed E-state index contributed by atoms with van der Waals surface area (Å²) in [7, 11) is 0. The molecule has 1 aromatic heterocycles. The van der Waals surface area contributed by atoms with Crippen LogP contribution in [0.15, 0.2) is 18.3 Å². The zero-order chi connectivity index (χ0) is 15.7. The molecule has 1 aliphatic rings. The number of ether oxygens (including phenoxy) is 1. The Morgan fingerprint density at radius 1 is 1.19 bits per heavy atom. The average Bonchev–Trinajstić information content (AvgIpc) is 2.50. The highest BCUT2D eigenvalue weighted by molar-refractivity contribution is 6.64. The van der Waals surface area contributed by atoms with Crippen molar-refractivity contribution in [3.8, 4) is 5.88 Å². The van der Waals surface area contributed by atoms with Crippen LogP contribution in [0.25, 0.3) is 0 Å². The minimum Gasteiger partial charge on any atom is -0.478 e. The largest absolute Gasteiger partial charge is 0.478 e. The molecule has 6 heteroatoms. The SMILES string of the molecule is CB(O)C1CCCCC1.CCOc1ccc(B(C)O)cn1. The molecular weight excluding hydrogens is 264 g/mol. The summed E-state index contributed by atoms with van der Waals surface area (Å²) < 4.78 is 5.15. The molecule has 1 fully saturated rings. The van der Waals surface area contributed by atoms with Crippen molar-refractivity contribution in [1.82, 2.24) is 4.98 Å². The van der Waals surface area contributed by atoms with E-state index in [0.29, 0.717) is 18.3 Å². The second-order valence-corrected chi connectivity index (χ2v) is 5.68. The lowest BCUT2D eigenvalue weighted by Gasteiger charge is -2.21. The standard InChI is InChI=1S/C8H12BNO2.C7H15BO/c1-3-12-8-5-4-7(6-10-8)9(2)11;1-8(9)7-5-3-2-4-6-7/h4-6,11H,3H2,1-2H3;7,9H,2-6H2,1H3. The Morgan fingerprint density at radius 2 is 1.86 bits per heavy atom. The highest BCUT2D eigenvalue weighted by Crippen LogP contribution is 2.29. The van der Waals surface area contributed by atoms with Crippen LogP contribution in [0.5, 0.6) is 5.88 Å². The molecule has 1 saturated carbocycles. The molecule has 4 nitrogen and oxygen atoms in total. The van der Waals surface area contributed by atoms with E-state index in [1.54, 1.807) is 19.1 Å². The Balaban J connectivity index is 0.000000219. The van der Waals surface area contributed by atoms with Gasteiger partial charge in [0.1, 0.15) is 0 Å². The van der Waals surface area contributed by atoms with Gasteiger partial charge in [-0.1, -0.05) is 51.8 Å². The first-order valence-corrected chi connectivity index (χ1v) is 7.99. The minimum absolute atomic E-state index is 0.0645. The molecule has 0 spiro atoms. The highest BCUT2D eigenvalue weighted by atomic mass is 16.5. The summed E-state index contributed by atoms with van der Waals surface area (Å²) in [5, 5.41) is 18.3. The zero-order valence-electron chi connectivity index (χ0n) is 13.5. The van der Waals surface area contributed by atoms with Crippen molar-refractivity contribution >= 4 is 19.3 Å². The molecular formula is C15H27B2NO3.